The normalized spacial score (nSPS) is 16.6. The van der Waals surface area contributed by atoms with Crippen LogP contribution in [0.15, 0.2) is 30.0 Å². The molecule has 0 aromatic heterocycles. The maximum absolute atomic E-state index is 10.4. The fourth-order valence-corrected chi connectivity index (χ4v) is 2.27. The fourth-order valence-electron chi connectivity index (χ4n) is 1.62. The number of rotatable bonds is 4. The molecule has 2 N–H and O–H groups in total. The number of carbonyl (C=O) groups excluding carboxylic acids is 1. The molecule has 0 spiro atoms. The van der Waals surface area contributed by atoms with E-state index in [9.17, 15) is 4.79 Å². The monoisotopic (exact) mass is 250 g/mol. The number of benzene rings is 1. The first-order chi connectivity index (χ1) is 8.22. The molecule has 0 radical (unpaired) electrons. The van der Waals surface area contributed by atoms with E-state index in [-0.39, 0.29) is 6.04 Å². The predicted octanol–water partition coefficient (Wildman–Crippen LogP) is 2.37. The smallest absolute Gasteiger partial charge is 0.207 e. The zero-order valence-corrected chi connectivity index (χ0v) is 10.5. The van der Waals surface area contributed by atoms with E-state index in [2.05, 4.69) is 10.8 Å². The van der Waals surface area contributed by atoms with Crippen LogP contribution in [0.1, 0.15) is 31.0 Å². The van der Waals surface area contributed by atoms with Crippen molar-refractivity contribution in [2.24, 2.45) is 0 Å². The summed E-state index contributed by atoms with van der Waals surface area (Å²) in [6, 6.07) is 8.11. The Morgan fingerprint density at radius 3 is 2.65 bits per heavy atom. The molecule has 0 saturated carbocycles. The maximum Gasteiger partial charge on any atom is 0.207 e. The van der Waals surface area contributed by atoms with Gasteiger partial charge in [-0.3, -0.25) is 10.3 Å². The van der Waals surface area contributed by atoms with Crippen LogP contribution < -0.4 is 10.8 Å². The van der Waals surface area contributed by atoms with Crippen LogP contribution in [0.2, 0.25) is 0 Å². The van der Waals surface area contributed by atoms with E-state index < -0.39 is 0 Å². The molecule has 0 aliphatic carbocycles. The summed E-state index contributed by atoms with van der Waals surface area (Å²) in [6.45, 7) is 3.92. The molecule has 1 atom stereocenters. The van der Waals surface area contributed by atoms with E-state index in [4.69, 9.17) is 4.28 Å². The van der Waals surface area contributed by atoms with Crippen LogP contribution in [0, 0.1) is 0 Å². The van der Waals surface area contributed by atoms with Crippen molar-refractivity contribution in [2.75, 3.05) is 0 Å². The minimum Gasteiger partial charge on any atom is -0.352 e. The second-order valence-electron chi connectivity index (χ2n) is 3.85. The molecule has 0 unspecified atom stereocenters. The van der Waals surface area contributed by atoms with Gasteiger partial charge in [0.15, 0.2) is 0 Å². The summed E-state index contributed by atoms with van der Waals surface area (Å²) in [4.78, 5) is 11.5. The highest BCUT2D eigenvalue weighted by Crippen LogP contribution is 2.34. The topological polar surface area (TPSA) is 50.4 Å². The van der Waals surface area contributed by atoms with Gasteiger partial charge in [-0.05, 0) is 25.0 Å². The quantitative estimate of drug-likeness (QED) is 0.636. The van der Waals surface area contributed by atoms with Gasteiger partial charge in [-0.2, -0.15) is 4.28 Å². The molecule has 4 nitrogen and oxygen atoms in total. The average Bonchev–Trinajstić information content (AvgIpc) is 2.76. The molecule has 1 aromatic carbocycles. The summed E-state index contributed by atoms with van der Waals surface area (Å²) in [5.74, 6) is 0. The second-order valence-corrected chi connectivity index (χ2v) is 4.59. The number of hydroxylamine groups is 1. The van der Waals surface area contributed by atoms with Gasteiger partial charge in [-0.25, -0.2) is 0 Å². The van der Waals surface area contributed by atoms with Crippen LogP contribution in [0.3, 0.4) is 0 Å². The number of hydrogen-bond acceptors (Lipinski definition) is 4. The third-order valence-corrected chi connectivity index (χ3v) is 3.53. The Morgan fingerprint density at radius 2 is 2.12 bits per heavy atom. The van der Waals surface area contributed by atoms with Gasteiger partial charge in [-0.1, -0.05) is 24.3 Å². The Bertz CT molecular complexity index is 442. The lowest BCUT2D eigenvalue weighted by molar-refractivity contribution is -0.110. The molecule has 0 fully saturated rings. The largest absolute Gasteiger partial charge is 0.352 e. The summed E-state index contributed by atoms with van der Waals surface area (Å²) in [5.41, 5.74) is 6.02. The lowest BCUT2D eigenvalue weighted by Crippen LogP contribution is -2.15. The molecule has 1 aromatic rings. The van der Waals surface area contributed by atoms with Gasteiger partial charge in [0, 0.05) is 0 Å². The van der Waals surface area contributed by atoms with Crippen molar-refractivity contribution in [1.29, 1.82) is 0 Å². The zero-order chi connectivity index (χ0) is 12.3. The summed E-state index contributed by atoms with van der Waals surface area (Å²) in [7, 11) is 0. The molecular weight excluding hydrogens is 236 g/mol. The van der Waals surface area contributed by atoms with Crippen LogP contribution in [0.4, 0.5) is 0 Å². The Hall–Kier alpha value is -1.46. The molecule has 1 heterocycles. The Labute approximate surface area is 105 Å². The van der Waals surface area contributed by atoms with Gasteiger partial charge < -0.3 is 5.32 Å². The van der Waals surface area contributed by atoms with Crippen molar-refractivity contribution in [2.45, 2.75) is 19.9 Å². The molecule has 90 valence electrons. The van der Waals surface area contributed by atoms with Crippen LogP contribution >= 0.6 is 12.0 Å². The number of hydrogen-bond donors (Lipinski definition) is 2. The molecule has 17 heavy (non-hydrogen) atoms. The highest BCUT2D eigenvalue weighted by Gasteiger charge is 2.15. The van der Waals surface area contributed by atoms with Gasteiger partial charge in [0.1, 0.15) is 0 Å². The SMILES string of the molecule is CC1=C(c2ccc([C@H](C)NC=O)cc2)SON1. The van der Waals surface area contributed by atoms with Crippen molar-refractivity contribution < 1.29 is 9.08 Å². The van der Waals surface area contributed by atoms with E-state index in [0.717, 1.165) is 28.1 Å². The molecule has 0 bridgehead atoms. The van der Waals surface area contributed by atoms with E-state index in [1.165, 1.54) is 12.0 Å². The van der Waals surface area contributed by atoms with Crippen LogP contribution in [0.5, 0.6) is 0 Å². The molecule has 1 aliphatic heterocycles. The minimum absolute atomic E-state index is 0.0298. The van der Waals surface area contributed by atoms with Crippen LogP contribution in [-0.2, 0) is 9.08 Å². The maximum atomic E-state index is 10.4. The Morgan fingerprint density at radius 1 is 1.41 bits per heavy atom. The summed E-state index contributed by atoms with van der Waals surface area (Å²) in [5, 5.41) is 2.72. The third kappa shape index (κ3) is 2.62. The van der Waals surface area contributed by atoms with Crippen molar-refractivity contribution in [1.82, 2.24) is 10.8 Å². The standard InChI is InChI=1S/C12H14N2O2S/c1-8(13-7-15)10-3-5-11(6-4-10)12-9(2)14-16-17-12/h3-8,14H,1-2H3,(H,13,15)/t8-/m0/s1. The first kappa shape index (κ1) is 12.0. The molecule has 2 rings (SSSR count). The molecular formula is C12H14N2O2S. The van der Waals surface area contributed by atoms with E-state index in [1.54, 1.807) is 0 Å². The summed E-state index contributed by atoms with van der Waals surface area (Å²) < 4.78 is 5.07. The third-order valence-electron chi connectivity index (χ3n) is 2.65. The van der Waals surface area contributed by atoms with E-state index >= 15 is 0 Å². The number of amides is 1. The van der Waals surface area contributed by atoms with Crippen molar-refractivity contribution in [3.63, 3.8) is 0 Å². The minimum atomic E-state index is 0.0298. The van der Waals surface area contributed by atoms with Gasteiger partial charge in [-0.15, -0.1) is 0 Å². The lowest BCUT2D eigenvalue weighted by atomic mass is 10.1. The first-order valence-corrected chi connectivity index (χ1v) is 6.07. The second kappa shape index (κ2) is 5.25. The first-order valence-electron chi connectivity index (χ1n) is 5.33. The lowest BCUT2D eigenvalue weighted by Gasteiger charge is -2.11. The molecule has 5 heteroatoms. The summed E-state index contributed by atoms with van der Waals surface area (Å²) in [6.07, 6.45) is 0.718. The molecule has 0 saturated heterocycles. The van der Waals surface area contributed by atoms with Crippen molar-refractivity contribution in [3.05, 3.63) is 41.1 Å². The van der Waals surface area contributed by atoms with E-state index in [0.29, 0.717) is 0 Å². The Kier molecular flexibility index (Phi) is 3.71. The highest BCUT2D eigenvalue weighted by atomic mass is 32.2. The van der Waals surface area contributed by atoms with Gasteiger partial charge in [0.05, 0.1) is 28.7 Å². The highest BCUT2D eigenvalue weighted by molar-refractivity contribution is 8.04. The van der Waals surface area contributed by atoms with Crippen LogP contribution in [-0.4, -0.2) is 6.41 Å². The molecule has 1 amide bonds. The number of carbonyl (C=O) groups is 1. The van der Waals surface area contributed by atoms with Crippen LogP contribution in [0.25, 0.3) is 4.91 Å². The predicted molar refractivity (Wildman–Crippen MR) is 68.5 cm³/mol. The number of allylic oxidation sites excluding steroid dienone is 1. The van der Waals surface area contributed by atoms with Gasteiger partial charge >= 0.3 is 0 Å². The average molecular weight is 250 g/mol. The van der Waals surface area contributed by atoms with Gasteiger partial charge in [0.2, 0.25) is 6.41 Å². The Balaban J connectivity index is 2.18. The van der Waals surface area contributed by atoms with Crippen molar-refractivity contribution in [3.8, 4) is 0 Å². The van der Waals surface area contributed by atoms with Gasteiger partial charge in [0.25, 0.3) is 0 Å². The van der Waals surface area contributed by atoms with E-state index in [1.807, 2.05) is 38.1 Å². The fraction of sp³-hybridized carbons (Fsp3) is 0.250. The summed E-state index contributed by atoms with van der Waals surface area (Å²) >= 11 is 1.32. The van der Waals surface area contributed by atoms with Crippen molar-refractivity contribution >= 4 is 23.4 Å². The number of nitrogens with one attached hydrogen (secondary N) is 2. The molecule has 1 aliphatic rings. The zero-order valence-electron chi connectivity index (χ0n) is 9.69.